The molecule has 4 atom stereocenters. The first-order valence-electron chi connectivity index (χ1n) is 8.68. The van der Waals surface area contributed by atoms with Crippen LogP contribution in [0.3, 0.4) is 0 Å². The molecule has 1 saturated heterocycles. The maximum atomic E-state index is 10.6. The van der Waals surface area contributed by atoms with Crippen LogP contribution < -0.4 is 4.74 Å². The number of carboxylic acid groups (broad SMARTS) is 1. The molecule has 0 spiro atoms. The van der Waals surface area contributed by atoms with Gasteiger partial charge in [-0.3, -0.25) is 0 Å². The number of ether oxygens (including phenoxy) is 2. The molecule has 1 aromatic carbocycles. The molecule has 4 rings (SSSR count). The molecule has 3 unspecified atom stereocenters. The van der Waals surface area contributed by atoms with Gasteiger partial charge in [0.2, 0.25) is 0 Å². The van der Waals surface area contributed by atoms with Gasteiger partial charge in [0.1, 0.15) is 5.75 Å². The third-order valence-corrected chi connectivity index (χ3v) is 6.25. The van der Waals surface area contributed by atoms with Gasteiger partial charge in [-0.1, -0.05) is 6.07 Å². The summed E-state index contributed by atoms with van der Waals surface area (Å²) in [5.41, 5.74) is 2.90. The van der Waals surface area contributed by atoms with Crippen LogP contribution in [0.4, 0.5) is 0 Å². The van der Waals surface area contributed by atoms with Crippen molar-refractivity contribution in [3.63, 3.8) is 0 Å². The van der Waals surface area contributed by atoms with E-state index in [1.165, 1.54) is 30.4 Å². The largest absolute Gasteiger partial charge is 0.482 e. The highest BCUT2D eigenvalue weighted by molar-refractivity contribution is 5.68. The predicted molar refractivity (Wildman–Crippen MR) is 85.8 cm³/mol. The number of rotatable bonds is 3. The number of aryl methyl sites for hydroxylation is 1. The summed E-state index contributed by atoms with van der Waals surface area (Å²) in [6.07, 6.45) is 5.82. The second-order valence-corrected chi connectivity index (χ2v) is 7.45. The Labute approximate surface area is 136 Å². The quantitative estimate of drug-likeness (QED) is 0.929. The number of carboxylic acids is 1. The monoisotopic (exact) mass is 316 g/mol. The van der Waals surface area contributed by atoms with Crippen LogP contribution in [0.5, 0.6) is 5.75 Å². The first kappa shape index (κ1) is 15.0. The Morgan fingerprint density at radius 3 is 3.09 bits per heavy atom. The van der Waals surface area contributed by atoms with E-state index in [0.29, 0.717) is 17.6 Å². The SMILES string of the molecule is C[C@]12CCC3c4ccc(OCC(=O)O)cc4CCC3C1CCO2. The lowest BCUT2D eigenvalue weighted by Gasteiger charge is -2.48. The zero-order chi connectivity index (χ0) is 16.0. The lowest BCUT2D eigenvalue weighted by Crippen LogP contribution is -2.44. The van der Waals surface area contributed by atoms with E-state index in [2.05, 4.69) is 13.0 Å². The standard InChI is InChI=1S/C19H24O4/c1-19-8-6-15-14-5-3-13(22-11-18(20)21)10-12(14)2-4-16(15)17(19)7-9-23-19/h3,5,10,15-17H,2,4,6-9,11H2,1H3,(H,20,21)/t15?,16?,17?,19-/m0/s1. The molecule has 124 valence electrons. The van der Waals surface area contributed by atoms with Gasteiger partial charge in [0.05, 0.1) is 5.60 Å². The van der Waals surface area contributed by atoms with E-state index in [-0.39, 0.29) is 12.2 Å². The van der Waals surface area contributed by atoms with E-state index in [9.17, 15) is 4.79 Å². The molecule has 4 nitrogen and oxygen atoms in total. The van der Waals surface area contributed by atoms with Crippen LogP contribution in [-0.2, 0) is 16.0 Å². The summed E-state index contributed by atoms with van der Waals surface area (Å²) in [6, 6.07) is 6.15. The van der Waals surface area contributed by atoms with Crippen LogP contribution in [0.1, 0.15) is 49.7 Å². The summed E-state index contributed by atoms with van der Waals surface area (Å²) in [7, 11) is 0. The molecule has 1 N–H and O–H groups in total. The molecule has 23 heavy (non-hydrogen) atoms. The third-order valence-electron chi connectivity index (χ3n) is 6.25. The van der Waals surface area contributed by atoms with Gasteiger partial charge < -0.3 is 14.6 Å². The van der Waals surface area contributed by atoms with Gasteiger partial charge in [-0.25, -0.2) is 4.79 Å². The zero-order valence-electron chi connectivity index (χ0n) is 13.6. The van der Waals surface area contributed by atoms with Gasteiger partial charge in [-0.05, 0) is 80.0 Å². The van der Waals surface area contributed by atoms with E-state index in [4.69, 9.17) is 14.6 Å². The lowest BCUT2D eigenvalue weighted by atomic mass is 9.59. The fourth-order valence-electron chi connectivity index (χ4n) is 5.20. The second kappa shape index (κ2) is 5.52. The minimum Gasteiger partial charge on any atom is -0.482 e. The number of benzene rings is 1. The van der Waals surface area contributed by atoms with Crippen molar-refractivity contribution in [2.24, 2.45) is 11.8 Å². The summed E-state index contributed by atoms with van der Waals surface area (Å²) in [5, 5.41) is 8.74. The Bertz CT molecular complexity index is 626. The van der Waals surface area contributed by atoms with Gasteiger partial charge in [-0.15, -0.1) is 0 Å². The molecular formula is C19H24O4. The van der Waals surface area contributed by atoms with Crippen molar-refractivity contribution in [2.45, 2.75) is 50.5 Å². The lowest BCUT2D eigenvalue weighted by molar-refractivity contribution is -0.139. The number of hydrogen-bond donors (Lipinski definition) is 1. The van der Waals surface area contributed by atoms with Crippen LogP contribution in [-0.4, -0.2) is 29.9 Å². The summed E-state index contributed by atoms with van der Waals surface area (Å²) < 4.78 is 11.4. The third kappa shape index (κ3) is 2.53. The molecule has 3 aliphatic rings. The highest BCUT2D eigenvalue weighted by Gasteiger charge is 2.51. The summed E-state index contributed by atoms with van der Waals surface area (Å²) in [4.78, 5) is 10.6. The van der Waals surface area contributed by atoms with E-state index < -0.39 is 5.97 Å². The molecule has 4 heteroatoms. The Kier molecular flexibility index (Phi) is 3.60. The van der Waals surface area contributed by atoms with Gasteiger partial charge >= 0.3 is 5.97 Å². The number of carbonyl (C=O) groups is 1. The van der Waals surface area contributed by atoms with Crippen molar-refractivity contribution >= 4 is 5.97 Å². The predicted octanol–water partition coefficient (Wildman–Crippen LogP) is 3.39. The minimum atomic E-state index is -0.935. The molecule has 0 amide bonds. The molecule has 0 radical (unpaired) electrons. The van der Waals surface area contributed by atoms with Crippen molar-refractivity contribution < 1.29 is 19.4 Å². The fraction of sp³-hybridized carbons (Fsp3) is 0.632. The molecule has 1 aliphatic heterocycles. The molecule has 2 aliphatic carbocycles. The van der Waals surface area contributed by atoms with E-state index in [0.717, 1.165) is 25.4 Å². The first-order chi connectivity index (χ1) is 11.1. The Morgan fingerprint density at radius 2 is 2.26 bits per heavy atom. The normalized spacial score (nSPS) is 35.1. The molecular weight excluding hydrogens is 292 g/mol. The Balaban J connectivity index is 1.58. The van der Waals surface area contributed by atoms with Crippen molar-refractivity contribution in [3.05, 3.63) is 29.3 Å². The van der Waals surface area contributed by atoms with Gasteiger partial charge in [-0.2, -0.15) is 0 Å². The zero-order valence-corrected chi connectivity index (χ0v) is 13.6. The highest BCUT2D eigenvalue weighted by Crippen LogP contribution is 2.55. The molecule has 1 aromatic rings. The Morgan fingerprint density at radius 1 is 1.39 bits per heavy atom. The topological polar surface area (TPSA) is 55.8 Å². The molecule has 0 bridgehead atoms. The van der Waals surface area contributed by atoms with Crippen molar-refractivity contribution in [2.75, 3.05) is 13.2 Å². The van der Waals surface area contributed by atoms with E-state index in [1.54, 1.807) is 0 Å². The van der Waals surface area contributed by atoms with Gasteiger partial charge in [0.15, 0.2) is 6.61 Å². The molecule has 1 heterocycles. The van der Waals surface area contributed by atoms with Crippen molar-refractivity contribution in [1.82, 2.24) is 0 Å². The van der Waals surface area contributed by atoms with Crippen LogP contribution >= 0.6 is 0 Å². The van der Waals surface area contributed by atoms with Crippen LogP contribution in [0.25, 0.3) is 0 Å². The number of fused-ring (bicyclic) bond motifs is 5. The minimum absolute atomic E-state index is 0.100. The van der Waals surface area contributed by atoms with Crippen LogP contribution in [0, 0.1) is 11.8 Å². The average Bonchev–Trinajstić information content (AvgIpc) is 2.94. The number of aliphatic carboxylic acids is 1. The smallest absolute Gasteiger partial charge is 0.341 e. The number of hydrogen-bond acceptors (Lipinski definition) is 3. The van der Waals surface area contributed by atoms with Crippen LogP contribution in [0.2, 0.25) is 0 Å². The summed E-state index contributed by atoms with van der Waals surface area (Å²) >= 11 is 0. The first-order valence-corrected chi connectivity index (χ1v) is 8.68. The fourth-order valence-corrected chi connectivity index (χ4v) is 5.20. The van der Waals surface area contributed by atoms with E-state index in [1.807, 2.05) is 12.1 Å². The molecule has 0 aromatic heterocycles. The van der Waals surface area contributed by atoms with Crippen molar-refractivity contribution in [1.29, 1.82) is 0 Å². The van der Waals surface area contributed by atoms with E-state index >= 15 is 0 Å². The highest BCUT2D eigenvalue weighted by atomic mass is 16.5. The summed E-state index contributed by atoms with van der Waals surface area (Å²) in [5.74, 6) is 1.80. The summed E-state index contributed by atoms with van der Waals surface area (Å²) in [6.45, 7) is 2.95. The maximum Gasteiger partial charge on any atom is 0.341 e. The van der Waals surface area contributed by atoms with Gasteiger partial charge in [0, 0.05) is 6.61 Å². The van der Waals surface area contributed by atoms with Crippen molar-refractivity contribution in [3.8, 4) is 5.75 Å². The molecule has 1 saturated carbocycles. The maximum absolute atomic E-state index is 10.6. The van der Waals surface area contributed by atoms with Gasteiger partial charge in [0.25, 0.3) is 0 Å². The average molecular weight is 316 g/mol. The second-order valence-electron chi connectivity index (χ2n) is 7.45. The van der Waals surface area contributed by atoms with Crippen LogP contribution in [0.15, 0.2) is 18.2 Å². The molecule has 2 fully saturated rings. The Hall–Kier alpha value is -1.55.